The Balaban J connectivity index is 2.44. The lowest BCUT2D eigenvalue weighted by molar-refractivity contribution is -0.756. The minimum atomic E-state index is -3.68. The largest absolute Gasteiger partial charge is 0.566 e. The molecule has 6 heteroatoms. The van der Waals surface area contributed by atoms with Gasteiger partial charge in [-0.25, -0.2) is 8.42 Å². The van der Waals surface area contributed by atoms with E-state index in [1.165, 1.54) is 0 Å². The minimum Gasteiger partial charge on any atom is -0.566 e. The fourth-order valence-electron chi connectivity index (χ4n) is 2.03. The second-order valence-electron chi connectivity index (χ2n) is 4.95. The maximum atomic E-state index is 12.4. The third-order valence-corrected chi connectivity index (χ3v) is 4.93. The normalized spacial score (nSPS) is 11.7. The number of hydrogen-bond acceptors (Lipinski definition) is 2. The Hall–Kier alpha value is -1.82. The molecule has 0 saturated heterocycles. The second kappa shape index (κ2) is 4.94. The number of hydrogen-bond donors (Lipinski definition) is 0. The van der Waals surface area contributed by atoms with Gasteiger partial charge in [0.25, 0.3) is 0 Å². The molecule has 1 heterocycles. The Morgan fingerprint density at radius 1 is 1.10 bits per heavy atom. The minimum absolute atomic E-state index is 0.216. The van der Waals surface area contributed by atoms with Crippen LogP contribution in [0.2, 0.25) is 0 Å². The van der Waals surface area contributed by atoms with Gasteiger partial charge in [-0.3, -0.25) is 0 Å². The predicted molar refractivity (Wildman–Crippen MR) is 77.4 cm³/mol. The Labute approximate surface area is 119 Å². The van der Waals surface area contributed by atoms with Crippen molar-refractivity contribution >= 4 is 15.7 Å². The first-order valence-corrected chi connectivity index (χ1v) is 7.75. The topological polar surface area (TPSA) is 57.1 Å². The van der Waals surface area contributed by atoms with Gasteiger partial charge >= 0.3 is 0 Å². The SMILES string of the molecule is Cc1ccc(S(=O)(=O)[N-]c2c(C)n(C)[n+](C)c2C)cc1. The van der Waals surface area contributed by atoms with Crippen molar-refractivity contribution in [1.29, 1.82) is 0 Å². The van der Waals surface area contributed by atoms with E-state index in [-0.39, 0.29) is 4.90 Å². The lowest BCUT2D eigenvalue weighted by atomic mass is 10.2. The second-order valence-corrected chi connectivity index (χ2v) is 6.55. The zero-order chi connectivity index (χ0) is 15.1. The van der Waals surface area contributed by atoms with E-state index in [0.29, 0.717) is 5.69 Å². The molecule has 0 radical (unpaired) electrons. The molecule has 0 N–H and O–H groups in total. The van der Waals surface area contributed by atoms with E-state index in [1.54, 1.807) is 24.3 Å². The molecule has 20 heavy (non-hydrogen) atoms. The lowest BCUT2D eigenvalue weighted by Gasteiger charge is -2.20. The van der Waals surface area contributed by atoms with Crippen LogP contribution < -0.4 is 4.68 Å². The highest BCUT2D eigenvalue weighted by atomic mass is 32.2. The first kappa shape index (κ1) is 14.6. The van der Waals surface area contributed by atoms with Gasteiger partial charge in [0.05, 0.1) is 17.6 Å². The molecule has 0 aliphatic carbocycles. The molecule has 0 fully saturated rings. The third kappa shape index (κ3) is 2.43. The van der Waals surface area contributed by atoms with Crippen molar-refractivity contribution in [3.63, 3.8) is 0 Å². The summed E-state index contributed by atoms with van der Waals surface area (Å²) >= 11 is 0. The Morgan fingerprint density at radius 3 is 2.10 bits per heavy atom. The summed E-state index contributed by atoms with van der Waals surface area (Å²) in [5.74, 6) is 0. The molecule has 0 aliphatic heterocycles. The van der Waals surface area contributed by atoms with E-state index in [0.717, 1.165) is 17.0 Å². The summed E-state index contributed by atoms with van der Waals surface area (Å²) in [5.41, 5.74) is 3.17. The van der Waals surface area contributed by atoms with Crippen LogP contribution in [0.4, 0.5) is 5.69 Å². The molecular weight excluding hydrogens is 274 g/mol. The van der Waals surface area contributed by atoms with Crippen LogP contribution in [0.3, 0.4) is 0 Å². The van der Waals surface area contributed by atoms with Crippen LogP contribution in [-0.2, 0) is 24.1 Å². The summed E-state index contributed by atoms with van der Waals surface area (Å²) in [5, 5.41) is 0. The zero-order valence-corrected chi connectivity index (χ0v) is 13.2. The molecule has 0 bridgehead atoms. The third-order valence-electron chi connectivity index (χ3n) is 3.64. The quantitative estimate of drug-likeness (QED) is 0.814. The lowest BCUT2D eigenvalue weighted by Crippen LogP contribution is -2.39. The molecule has 2 rings (SSSR count). The van der Waals surface area contributed by atoms with Crippen LogP contribution in [0.15, 0.2) is 29.2 Å². The number of aryl methyl sites for hydroxylation is 1. The Bertz CT molecular complexity index is 718. The molecule has 0 aliphatic rings. The van der Waals surface area contributed by atoms with Gasteiger partial charge in [-0.2, -0.15) is 4.68 Å². The summed E-state index contributed by atoms with van der Waals surface area (Å²) < 4.78 is 32.5. The van der Waals surface area contributed by atoms with Crippen molar-refractivity contribution in [1.82, 2.24) is 4.68 Å². The number of rotatable bonds is 3. The van der Waals surface area contributed by atoms with E-state index in [2.05, 4.69) is 4.72 Å². The van der Waals surface area contributed by atoms with E-state index in [9.17, 15) is 8.42 Å². The molecule has 5 nitrogen and oxygen atoms in total. The maximum Gasteiger partial charge on any atom is 0.190 e. The average Bonchev–Trinajstić information content (AvgIpc) is 2.57. The van der Waals surface area contributed by atoms with Crippen LogP contribution in [0.1, 0.15) is 17.0 Å². The predicted octanol–water partition coefficient (Wildman–Crippen LogP) is 2.17. The number of sulfonamides is 1. The van der Waals surface area contributed by atoms with Crippen molar-refractivity contribution in [3.8, 4) is 0 Å². The summed E-state index contributed by atoms with van der Waals surface area (Å²) in [4.78, 5) is 0.216. The molecule has 0 amide bonds. The molecule has 0 saturated carbocycles. The van der Waals surface area contributed by atoms with Crippen LogP contribution in [0.25, 0.3) is 4.72 Å². The van der Waals surface area contributed by atoms with Crippen molar-refractivity contribution in [2.75, 3.05) is 0 Å². The van der Waals surface area contributed by atoms with Gasteiger partial charge in [0.1, 0.15) is 10.0 Å². The van der Waals surface area contributed by atoms with Crippen molar-refractivity contribution in [2.24, 2.45) is 14.1 Å². The Morgan fingerprint density at radius 2 is 1.65 bits per heavy atom. The average molecular weight is 293 g/mol. The van der Waals surface area contributed by atoms with Gasteiger partial charge in [0, 0.05) is 6.92 Å². The van der Waals surface area contributed by atoms with E-state index in [1.807, 2.05) is 44.2 Å². The summed E-state index contributed by atoms with van der Waals surface area (Å²) in [6.07, 6.45) is 0. The summed E-state index contributed by atoms with van der Waals surface area (Å²) in [6.45, 7) is 5.63. The van der Waals surface area contributed by atoms with Crippen molar-refractivity contribution in [2.45, 2.75) is 25.7 Å². The number of nitrogens with zero attached hydrogens (tertiary/aromatic N) is 3. The van der Waals surface area contributed by atoms with Gasteiger partial charge in [-0.15, -0.1) is 4.68 Å². The van der Waals surface area contributed by atoms with Gasteiger partial charge in [-0.1, -0.05) is 17.7 Å². The molecule has 2 aromatic rings. The van der Waals surface area contributed by atoms with Gasteiger partial charge in [-0.05, 0) is 31.7 Å². The van der Waals surface area contributed by atoms with Crippen LogP contribution in [-0.4, -0.2) is 13.1 Å². The first-order chi connectivity index (χ1) is 9.24. The van der Waals surface area contributed by atoms with Crippen molar-refractivity contribution < 1.29 is 13.1 Å². The molecule has 0 unspecified atom stereocenters. The maximum absolute atomic E-state index is 12.4. The standard InChI is InChI=1S/C14H19N3O2S/c1-10-6-8-13(9-7-10)20(18,19)15-14-11(2)16(4)17(5)12(14)3/h6-9H,1-5H3. The summed E-state index contributed by atoms with van der Waals surface area (Å²) in [7, 11) is 0.0695. The fourth-order valence-corrected chi connectivity index (χ4v) is 3.12. The summed E-state index contributed by atoms with van der Waals surface area (Å²) in [6, 6.07) is 6.71. The highest BCUT2D eigenvalue weighted by molar-refractivity contribution is 7.94. The monoisotopic (exact) mass is 293 g/mol. The number of aromatic nitrogens is 2. The molecule has 0 spiro atoms. The van der Waals surface area contributed by atoms with E-state index in [4.69, 9.17) is 0 Å². The van der Waals surface area contributed by atoms with Crippen LogP contribution in [0.5, 0.6) is 0 Å². The highest BCUT2D eigenvalue weighted by Gasteiger charge is 2.16. The van der Waals surface area contributed by atoms with Crippen LogP contribution >= 0.6 is 0 Å². The molecule has 108 valence electrons. The fraction of sp³-hybridized carbons (Fsp3) is 0.357. The number of benzene rings is 1. The van der Waals surface area contributed by atoms with Crippen molar-refractivity contribution in [3.05, 3.63) is 45.9 Å². The Kier molecular flexibility index (Phi) is 3.60. The van der Waals surface area contributed by atoms with Gasteiger partial charge < -0.3 is 4.72 Å². The van der Waals surface area contributed by atoms with E-state index >= 15 is 0 Å². The smallest absolute Gasteiger partial charge is 0.190 e. The zero-order valence-electron chi connectivity index (χ0n) is 12.4. The van der Waals surface area contributed by atoms with Gasteiger partial charge in [0.15, 0.2) is 12.7 Å². The first-order valence-electron chi connectivity index (χ1n) is 6.31. The molecular formula is C14H19N3O2S. The molecule has 0 atom stereocenters. The highest BCUT2D eigenvalue weighted by Crippen LogP contribution is 2.32. The molecule has 1 aromatic heterocycles. The van der Waals surface area contributed by atoms with Gasteiger partial charge in [0.2, 0.25) is 0 Å². The molecule has 1 aromatic carbocycles. The van der Waals surface area contributed by atoms with E-state index < -0.39 is 10.0 Å². The van der Waals surface area contributed by atoms with Crippen LogP contribution in [0, 0.1) is 20.8 Å².